The minimum absolute atomic E-state index is 0.252. The van der Waals surface area contributed by atoms with Gasteiger partial charge in [-0.15, -0.1) is 0 Å². The number of carbonyl (C=O) groups excluding carboxylic acids is 2. The highest BCUT2D eigenvalue weighted by molar-refractivity contribution is 5.80. The fourth-order valence-corrected chi connectivity index (χ4v) is 2.31. The van der Waals surface area contributed by atoms with Crippen molar-refractivity contribution in [3.63, 3.8) is 0 Å². The van der Waals surface area contributed by atoms with Crippen LogP contribution in [-0.2, 0) is 9.59 Å². The first-order chi connectivity index (χ1) is 10.1. The molecule has 1 amide bonds. The van der Waals surface area contributed by atoms with Crippen molar-refractivity contribution in [3.05, 3.63) is 24.4 Å². The lowest BCUT2D eigenvalue weighted by Crippen LogP contribution is -2.48. The van der Waals surface area contributed by atoms with Crippen LogP contribution in [0.3, 0.4) is 0 Å². The molecular formula is C14H20N4O3. The highest BCUT2D eigenvalue weighted by Gasteiger charge is 2.22. The van der Waals surface area contributed by atoms with Gasteiger partial charge in [-0.2, -0.15) is 0 Å². The minimum Gasteiger partial charge on any atom is -0.548 e. The standard InChI is InChI=1S/C14H20N4O3/c19-13(16-11-14(20)21)4-6-17-7-9-18(10-8-17)12-3-1-2-5-15-12/h1-3,5H,4,6-11H2,(H,16,19)(H,20,21). The van der Waals surface area contributed by atoms with Gasteiger partial charge in [0.05, 0.1) is 31.8 Å². The Morgan fingerprint density at radius 3 is 2.62 bits per heavy atom. The molecule has 114 valence electrons. The Balaban J connectivity index is 1.67. The number of carboxylic acids is 1. The van der Waals surface area contributed by atoms with Crippen molar-refractivity contribution in [1.29, 1.82) is 0 Å². The molecule has 0 saturated carbocycles. The third-order valence-corrected chi connectivity index (χ3v) is 3.49. The summed E-state index contributed by atoms with van der Waals surface area (Å²) in [5.74, 6) is -0.419. The fraction of sp³-hybridized carbons (Fsp3) is 0.500. The highest BCUT2D eigenvalue weighted by atomic mass is 16.4. The van der Waals surface area contributed by atoms with E-state index in [1.165, 1.54) is 0 Å². The third-order valence-electron chi connectivity index (χ3n) is 3.49. The molecule has 7 nitrogen and oxygen atoms in total. The van der Waals surface area contributed by atoms with Gasteiger partial charge in [0, 0.05) is 32.1 Å². The number of carbonyl (C=O) groups is 2. The molecule has 1 aliphatic rings. The van der Waals surface area contributed by atoms with Crippen molar-refractivity contribution in [1.82, 2.24) is 10.2 Å². The fourth-order valence-electron chi connectivity index (χ4n) is 2.31. The number of aliphatic carboxylic acids is 1. The molecule has 2 rings (SSSR count). The van der Waals surface area contributed by atoms with Crippen molar-refractivity contribution in [2.75, 3.05) is 44.2 Å². The number of amides is 1. The van der Waals surface area contributed by atoms with Crippen LogP contribution in [0.5, 0.6) is 0 Å². The molecule has 1 fully saturated rings. The summed E-state index contributed by atoms with van der Waals surface area (Å²) in [4.78, 5) is 29.4. The summed E-state index contributed by atoms with van der Waals surface area (Å²) < 4.78 is 0. The second-order valence-corrected chi connectivity index (χ2v) is 4.98. The van der Waals surface area contributed by atoms with Crippen molar-refractivity contribution >= 4 is 17.7 Å². The first-order valence-corrected chi connectivity index (χ1v) is 7.06. The second-order valence-electron chi connectivity index (χ2n) is 4.98. The molecule has 0 aliphatic carbocycles. The molecule has 0 atom stereocenters. The average molecular weight is 292 g/mol. The van der Waals surface area contributed by atoms with Crippen LogP contribution in [0.2, 0.25) is 0 Å². The second kappa shape index (κ2) is 7.58. The number of H-pyrrole nitrogens is 1. The molecule has 2 heterocycles. The monoisotopic (exact) mass is 292 g/mol. The van der Waals surface area contributed by atoms with E-state index in [0.29, 0.717) is 13.0 Å². The lowest BCUT2D eigenvalue weighted by Gasteiger charge is -2.30. The molecule has 1 aromatic rings. The van der Waals surface area contributed by atoms with Gasteiger partial charge in [-0.3, -0.25) is 14.6 Å². The number of rotatable bonds is 6. The molecule has 2 N–H and O–H groups in total. The SMILES string of the molecule is O=C([O-])CNC(=O)CCN1CCN(c2cccc[nH+]2)CC1. The number of anilines is 1. The summed E-state index contributed by atoms with van der Waals surface area (Å²) in [6.07, 6.45) is 2.22. The van der Waals surface area contributed by atoms with Crippen molar-refractivity contribution in [2.45, 2.75) is 6.42 Å². The van der Waals surface area contributed by atoms with Gasteiger partial charge in [-0.05, 0) is 6.07 Å². The van der Waals surface area contributed by atoms with Gasteiger partial charge in [-0.1, -0.05) is 6.07 Å². The quantitative estimate of drug-likeness (QED) is 0.647. The Morgan fingerprint density at radius 1 is 1.24 bits per heavy atom. The zero-order valence-electron chi connectivity index (χ0n) is 11.9. The van der Waals surface area contributed by atoms with E-state index in [2.05, 4.69) is 20.1 Å². The van der Waals surface area contributed by atoms with Gasteiger partial charge >= 0.3 is 0 Å². The van der Waals surface area contributed by atoms with Crippen LogP contribution in [0.1, 0.15) is 6.42 Å². The molecule has 1 aromatic heterocycles. The van der Waals surface area contributed by atoms with Gasteiger partial charge in [0.15, 0.2) is 0 Å². The van der Waals surface area contributed by atoms with Gasteiger partial charge < -0.3 is 15.2 Å². The van der Waals surface area contributed by atoms with E-state index in [1.807, 2.05) is 24.4 Å². The van der Waals surface area contributed by atoms with E-state index < -0.39 is 12.5 Å². The lowest BCUT2D eigenvalue weighted by atomic mass is 10.2. The summed E-state index contributed by atoms with van der Waals surface area (Å²) >= 11 is 0. The number of piperazine rings is 1. The van der Waals surface area contributed by atoms with Crippen LogP contribution < -0.4 is 20.3 Å². The zero-order chi connectivity index (χ0) is 15.1. The molecule has 21 heavy (non-hydrogen) atoms. The molecule has 1 aliphatic heterocycles. The molecule has 0 aromatic carbocycles. The molecule has 0 bridgehead atoms. The van der Waals surface area contributed by atoms with Crippen LogP contribution in [0, 0.1) is 0 Å². The van der Waals surface area contributed by atoms with Crippen LogP contribution in [-0.4, -0.2) is 56.0 Å². The van der Waals surface area contributed by atoms with E-state index in [4.69, 9.17) is 0 Å². The summed E-state index contributed by atoms with van der Waals surface area (Å²) in [5.41, 5.74) is 0. The highest BCUT2D eigenvalue weighted by Crippen LogP contribution is 2.09. The normalized spacial score (nSPS) is 15.7. The largest absolute Gasteiger partial charge is 0.548 e. The zero-order valence-corrected chi connectivity index (χ0v) is 11.9. The maximum Gasteiger partial charge on any atom is 0.274 e. The number of pyridine rings is 1. The van der Waals surface area contributed by atoms with Crippen LogP contribution >= 0.6 is 0 Å². The maximum atomic E-state index is 11.4. The Labute approximate surface area is 123 Å². The molecule has 1 saturated heterocycles. The van der Waals surface area contributed by atoms with Crippen molar-refractivity contribution in [3.8, 4) is 0 Å². The topological polar surface area (TPSA) is 89.8 Å². The number of nitrogens with zero attached hydrogens (tertiary/aromatic N) is 2. The van der Waals surface area contributed by atoms with Gasteiger partial charge in [0.2, 0.25) is 5.91 Å². The Hall–Kier alpha value is -2.15. The van der Waals surface area contributed by atoms with Gasteiger partial charge in [-0.25, -0.2) is 4.98 Å². The Kier molecular flexibility index (Phi) is 5.51. The van der Waals surface area contributed by atoms with E-state index >= 15 is 0 Å². The summed E-state index contributed by atoms with van der Waals surface area (Å²) in [6.45, 7) is 3.80. The van der Waals surface area contributed by atoms with Crippen molar-refractivity contribution in [2.24, 2.45) is 0 Å². The smallest absolute Gasteiger partial charge is 0.274 e. The molecule has 7 heteroatoms. The summed E-state index contributed by atoms with van der Waals surface area (Å²) in [5, 5.41) is 12.5. The van der Waals surface area contributed by atoms with Gasteiger partial charge in [0.1, 0.15) is 0 Å². The Bertz CT molecular complexity index is 472. The maximum absolute atomic E-state index is 11.4. The molecular weight excluding hydrogens is 272 g/mol. The minimum atomic E-state index is -1.27. The summed E-state index contributed by atoms with van der Waals surface area (Å²) in [7, 11) is 0. The van der Waals surface area contributed by atoms with Gasteiger partial charge in [0.25, 0.3) is 5.82 Å². The average Bonchev–Trinajstić information content (AvgIpc) is 2.52. The molecule has 0 unspecified atom stereocenters. The predicted molar refractivity (Wildman–Crippen MR) is 74.3 cm³/mol. The van der Waals surface area contributed by atoms with Crippen LogP contribution in [0.4, 0.5) is 5.82 Å². The predicted octanol–water partition coefficient (Wildman–Crippen LogP) is -2.12. The first-order valence-electron chi connectivity index (χ1n) is 7.06. The summed E-state index contributed by atoms with van der Waals surface area (Å²) in [6, 6.07) is 5.99. The first kappa shape index (κ1) is 15.2. The number of hydrogen-bond acceptors (Lipinski definition) is 5. The van der Waals surface area contributed by atoms with E-state index in [9.17, 15) is 14.7 Å². The number of carboxylic acid groups (broad SMARTS) is 1. The van der Waals surface area contributed by atoms with E-state index in [0.717, 1.165) is 32.0 Å². The van der Waals surface area contributed by atoms with Crippen LogP contribution in [0.25, 0.3) is 0 Å². The lowest BCUT2D eigenvalue weighted by molar-refractivity contribution is -0.364. The number of nitrogens with one attached hydrogen (secondary N) is 2. The Morgan fingerprint density at radius 2 is 2.00 bits per heavy atom. The molecule has 0 radical (unpaired) electrons. The number of aromatic nitrogens is 1. The number of aromatic amines is 1. The molecule has 0 spiro atoms. The van der Waals surface area contributed by atoms with Crippen molar-refractivity contribution < 1.29 is 19.7 Å². The van der Waals surface area contributed by atoms with E-state index in [1.54, 1.807) is 0 Å². The van der Waals surface area contributed by atoms with E-state index in [-0.39, 0.29) is 5.91 Å². The number of hydrogen-bond donors (Lipinski definition) is 1. The third kappa shape index (κ3) is 5.03. The van der Waals surface area contributed by atoms with Crippen LogP contribution in [0.15, 0.2) is 24.4 Å².